The molecule has 0 aliphatic carbocycles. The largest absolute Gasteiger partial charge is 1.00 e. The van der Waals surface area contributed by atoms with Crippen molar-refractivity contribution >= 4 is 32.1 Å². The maximum Gasteiger partial charge on any atom is 1.00 e. The summed E-state index contributed by atoms with van der Waals surface area (Å²) in [5.74, 6) is 0.705. The average Bonchev–Trinajstić information content (AvgIpc) is 1.78. The third kappa shape index (κ3) is 15.0. The average molecular weight is 241 g/mol. The van der Waals surface area contributed by atoms with Crippen molar-refractivity contribution in [2.24, 2.45) is 0 Å². The van der Waals surface area contributed by atoms with Crippen LogP contribution in [0.5, 0.6) is 0 Å². The van der Waals surface area contributed by atoms with E-state index in [1.807, 2.05) is 0 Å². The van der Waals surface area contributed by atoms with E-state index in [-0.39, 0.29) is 57.1 Å². The molecule has 11 heavy (non-hydrogen) atoms. The Morgan fingerprint density at radius 1 is 1.18 bits per heavy atom. The predicted molar refractivity (Wildman–Crippen MR) is 45.7 cm³/mol. The number of hydrogen-bond donors (Lipinski definition) is 0. The smallest absolute Gasteiger partial charge is 0.649 e. The van der Waals surface area contributed by atoms with Crippen LogP contribution in [-0.4, -0.2) is 20.1 Å². The zero-order chi connectivity index (χ0) is 8.04. The van der Waals surface area contributed by atoms with Gasteiger partial charge in [-0.1, -0.05) is 6.42 Å². The van der Waals surface area contributed by atoms with Gasteiger partial charge < -0.3 is 11.7 Å². The SMILES string of the molecule is O=S(=O)([S-])CCCCCCl.[K+]. The van der Waals surface area contributed by atoms with Crippen LogP contribution in [-0.2, 0) is 20.5 Å². The molecule has 0 aliphatic rings. The van der Waals surface area contributed by atoms with Crippen LogP contribution in [0.2, 0.25) is 0 Å². The Morgan fingerprint density at radius 3 is 2.09 bits per heavy atom. The minimum atomic E-state index is -3.16. The molecular formula is C5H10ClKO2S2. The van der Waals surface area contributed by atoms with Crippen LogP contribution in [0.15, 0.2) is 0 Å². The van der Waals surface area contributed by atoms with Crippen LogP contribution < -0.4 is 51.4 Å². The Hall–Kier alpha value is 2.23. The van der Waals surface area contributed by atoms with Gasteiger partial charge in [0.25, 0.3) is 0 Å². The second-order valence-electron chi connectivity index (χ2n) is 2.01. The van der Waals surface area contributed by atoms with Crippen LogP contribution >= 0.6 is 11.6 Å². The van der Waals surface area contributed by atoms with Gasteiger partial charge in [-0.2, -0.15) is 0 Å². The summed E-state index contributed by atoms with van der Waals surface area (Å²) in [4.78, 5) is 0. The number of halogens is 1. The van der Waals surface area contributed by atoms with Gasteiger partial charge in [0.15, 0.2) is 0 Å². The Labute approximate surface area is 121 Å². The molecule has 0 amide bonds. The Kier molecular flexibility index (Phi) is 12.6. The van der Waals surface area contributed by atoms with Gasteiger partial charge >= 0.3 is 51.4 Å². The summed E-state index contributed by atoms with van der Waals surface area (Å²) >= 11 is 9.55. The van der Waals surface area contributed by atoms with Gasteiger partial charge in [-0.3, -0.25) is 8.42 Å². The van der Waals surface area contributed by atoms with Crippen LogP contribution in [0.25, 0.3) is 0 Å². The normalized spacial score (nSPS) is 10.7. The van der Waals surface area contributed by atoms with Gasteiger partial charge in [0.2, 0.25) is 0 Å². The molecule has 0 rings (SSSR count). The van der Waals surface area contributed by atoms with Crippen molar-refractivity contribution in [3.8, 4) is 0 Å². The molecule has 0 aliphatic heterocycles. The molecule has 0 unspecified atom stereocenters. The molecule has 0 bridgehead atoms. The Morgan fingerprint density at radius 2 is 1.73 bits per heavy atom. The molecular weight excluding hydrogens is 231 g/mol. The fourth-order valence-corrected chi connectivity index (χ4v) is 1.65. The summed E-state index contributed by atoms with van der Waals surface area (Å²) in [6.45, 7) is 0. The fraction of sp³-hybridized carbons (Fsp3) is 1.00. The second-order valence-corrected chi connectivity index (χ2v) is 5.44. The van der Waals surface area contributed by atoms with Gasteiger partial charge in [-0.15, -0.1) is 11.6 Å². The van der Waals surface area contributed by atoms with Gasteiger partial charge in [0.1, 0.15) is 0 Å². The molecule has 0 fully saturated rings. The standard InChI is InChI=1S/C5H11ClO2S2.K/c6-4-2-1-3-5-10(7,8)9;/h1-5H2,(H,7,8,9);/q;+1/p-1. The van der Waals surface area contributed by atoms with Crippen molar-refractivity contribution in [3.63, 3.8) is 0 Å². The molecule has 0 saturated carbocycles. The second kappa shape index (κ2) is 8.81. The van der Waals surface area contributed by atoms with E-state index in [2.05, 4.69) is 11.7 Å². The molecule has 0 radical (unpaired) electrons. The number of alkyl halides is 1. The van der Waals surface area contributed by atoms with E-state index in [4.69, 9.17) is 11.6 Å². The number of hydrogen-bond acceptors (Lipinski definition) is 3. The Balaban J connectivity index is 0. The van der Waals surface area contributed by atoms with Crippen LogP contribution in [0.4, 0.5) is 0 Å². The molecule has 0 spiro atoms. The fourth-order valence-electron chi connectivity index (χ4n) is 0.550. The maximum atomic E-state index is 10.4. The molecule has 0 aromatic heterocycles. The zero-order valence-corrected chi connectivity index (χ0v) is 12.1. The summed E-state index contributed by atoms with van der Waals surface area (Å²) < 4.78 is 20.8. The van der Waals surface area contributed by atoms with Crippen molar-refractivity contribution < 1.29 is 59.8 Å². The van der Waals surface area contributed by atoms with E-state index in [0.717, 1.165) is 12.8 Å². The minimum Gasteiger partial charge on any atom is -0.649 e. The number of unbranched alkanes of at least 4 members (excludes halogenated alkanes) is 2. The summed E-state index contributed by atoms with van der Waals surface area (Å²) in [5.41, 5.74) is 0. The number of rotatable bonds is 5. The van der Waals surface area contributed by atoms with E-state index in [0.29, 0.717) is 12.3 Å². The van der Waals surface area contributed by atoms with Crippen LogP contribution in [0, 0.1) is 0 Å². The third-order valence-corrected chi connectivity index (χ3v) is 2.58. The maximum absolute atomic E-state index is 10.4. The van der Waals surface area contributed by atoms with Crippen molar-refractivity contribution in [2.45, 2.75) is 19.3 Å². The van der Waals surface area contributed by atoms with Gasteiger partial charge in [-0.25, -0.2) is 0 Å². The van der Waals surface area contributed by atoms with E-state index < -0.39 is 8.87 Å². The van der Waals surface area contributed by atoms with E-state index in [1.54, 1.807) is 0 Å². The first-order valence-corrected chi connectivity index (χ1v) is 6.17. The quantitative estimate of drug-likeness (QED) is 0.189. The Bertz CT molecular complexity index is 169. The van der Waals surface area contributed by atoms with Crippen molar-refractivity contribution in [2.75, 3.05) is 11.6 Å². The molecule has 6 heteroatoms. The molecule has 0 aromatic carbocycles. The van der Waals surface area contributed by atoms with Gasteiger partial charge in [0.05, 0.1) is 0 Å². The van der Waals surface area contributed by atoms with Gasteiger partial charge in [0, 0.05) is 20.5 Å². The summed E-state index contributed by atoms with van der Waals surface area (Å²) in [7, 11) is -3.16. The molecule has 0 atom stereocenters. The van der Waals surface area contributed by atoms with Crippen LogP contribution in [0.1, 0.15) is 19.3 Å². The first-order chi connectivity index (χ1) is 4.56. The summed E-state index contributed by atoms with van der Waals surface area (Å²) in [6.07, 6.45) is 2.35. The monoisotopic (exact) mass is 240 g/mol. The first-order valence-electron chi connectivity index (χ1n) is 3.06. The van der Waals surface area contributed by atoms with Crippen molar-refractivity contribution in [1.29, 1.82) is 0 Å². The first kappa shape index (κ1) is 15.7. The molecule has 62 valence electrons. The molecule has 2 nitrogen and oxygen atoms in total. The van der Waals surface area contributed by atoms with E-state index in [1.165, 1.54) is 0 Å². The summed E-state index contributed by atoms with van der Waals surface area (Å²) in [6, 6.07) is 0. The van der Waals surface area contributed by atoms with E-state index in [9.17, 15) is 8.42 Å². The molecule has 0 aromatic rings. The molecule has 0 heterocycles. The predicted octanol–water partition coefficient (Wildman–Crippen LogP) is -1.72. The topological polar surface area (TPSA) is 34.1 Å². The van der Waals surface area contributed by atoms with E-state index >= 15 is 0 Å². The molecule has 0 saturated heterocycles. The third-order valence-electron chi connectivity index (χ3n) is 1.03. The van der Waals surface area contributed by atoms with Crippen LogP contribution in [0.3, 0.4) is 0 Å². The summed E-state index contributed by atoms with van der Waals surface area (Å²) in [5, 5.41) is 0. The zero-order valence-electron chi connectivity index (χ0n) is 6.55. The molecule has 0 N–H and O–H groups in total. The minimum absolute atomic E-state index is 0. The van der Waals surface area contributed by atoms with Crippen molar-refractivity contribution in [1.82, 2.24) is 0 Å². The van der Waals surface area contributed by atoms with Gasteiger partial charge in [-0.05, 0) is 12.8 Å². The van der Waals surface area contributed by atoms with Crippen molar-refractivity contribution in [3.05, 3.63) is 0 Å².